The van der Waals surface area contributed by atoms with Crippen LogP contribution in [0.5, 0.6) is 0 Å². The molecule has 0 bridgehead atoms. The molecule has 2 heterocycles. The van der Waals surface area contributed by atoms with Gasteiger partial charge in [-0.15, -0.1) is 5.10 Å². The zero-order valence-electron chi connectivity index (χ0n) is 12.3. The summed E-state index contributed by atoms with van der Waals surface area (Å²) in [5.41, 5.74) is 0.0171. The molecule has 0 radical (unpaired) electrons. The van der Waals surface area contributed by atoms with Crippen molar-refractivity contribution in [3.8, 4) is 0 Å². The summed E-state index contributed by atoms with van der Waals surface area (Å²) in [6.45, 7) is 10.4. The Morgan fingerprint density at radius 2 is 1.84 bits per heavy atom. The van der Waals surface area contributed by atoms with E-state index in [0.717, 1.165) is 12.8 Å². The summed E-state index contributed by atoms with van der Waals surface area (Å²) in [5.74, 6) is 0.658. The van der Waals surface area contributed by atoms with E-state index in [1.54, 1.807) is 6.92 Å². The summed E-state index contributed by atoms with van der Waals surface area (Å²) in [6.07, 6.45) is 1.79. The van der Waals surface area contributed by atoms with E-state index in [1.165, 1.54) is 0 Å². The number of H-pyrrole nitrogens is 1. The second-order valence-electron chi connectivity index (χ2n) is 6.72. The number of rotatable bonds is 2. The van der Waals surface area contributed by atoms with Crippen molar-refractivity contribution in [3.63, 3.8) is 0 Å². The molecule has 0 saturated carbocycles. The second kappa shape index (κ2) is 4.59. The lowest BCUT2D eigenvalue weighted by molar-refractivity contribution is 0.0863. The van der Waals surface area contributed by atoms with Gasteiger partial charge in [-0.25, -0.2) is 4.98 Å². The van der Waals surface area contributed by atoms with Crippen LogP contribution < -0.4 is 10.6 Å². The maximum absolute atomic E-state index is 12.1. The lowest BCUT2D eigenvalue weighted by atomic mass is 9.79. The van der Waals surface area contributed by atoms with Gasteiger partial charge in [-0.2, -0.15) is 0 Å². The first-order valence-corrected chi connectivity index (χ1v) is 6.66. The molecule has 6 nitrogen and oxygen atoms in total. The van der Waals surface area contributed by atoms with Crippen molar-refractivity contribution in [2.24, 2.45) is 0 Å². The summed E-state index contributed by atoms with van der Waals surface area (Å²) in [7, 11) is 0. The van der Waals surface area contributed by atoms with Crippen LogP contribution in [0.3, 0.4) is 0 Å². The number of carbonyl (C=O) groups excluding carboxylic acids is 1. The molecule has 0 spiro atoms. The third-order valence-electron chi connectivity index (χ3n) is 3.33. The minimum Gasteiger partial charge on any atom is -0.346 e. The lowest BCUT2D eigenvalue weighted by Gasteiger charge is -2.46. The van der Waals surface area contributed by atoms with Gasteiger partial charge in [0.2, 0.25) is 5.82 Å². The van der Waals surface area contributed by atoms with E-state index >= 15 is 0 Å². The van der Waals surface area contributed by atoms with E-state index < -0.39 is 0 Å². The van der Waals surface area contributed by atoms with Crippen molar-refractivity contribution in [2.75, 3.05) is 0 Å². The Morgan fingerprint density at radius 1 is 1.26 bits per heavy atom. The standard InChI is InChI=1S/C13H23N5O/c1-8-14-10(17-16-8)11(19)15-9-6-12(2,3)18-13(4,5)7-9/h9,18H,6-7H2,1-5H3,(H,15,19)(H,14,16,17). The summed E-state index contributed by atoms with van der Waals surface area (Å²) >= 11 is 0. The number of hydrogen-bond donors (Lipinski definition) is 3. The van der Waals surface area contributed by atoms with Gasteiger partial charge in [-0.05, 0) is 47.5 Å². The van der Waals surface area contributed by atoms with E-state index in [0.29, 0.717) is 5.82 Å². The number of nitrogens with zero attached hydrogens (tertiary/aromatic N) is 2. The quantitative estimate of drug-likeness (QED) is 0.749. The van der Waals surface area contributed by atoms with Gasteiger partial charge in [0, 0.05) is 17.1 Å². The van der Waals surface area contributed by atoms with Gasteiger partial charge in [0.25, 0.3) is 5.91 Å². The molecular weight excluding hydrogens is 242 g/mol. The highest BCUT2D eigenvalue weighted by atomic mass is 16.2. The molecule has 1 aliphatic heterocycles. The number of aryl methyl sites for hydroxylation is 1. The van der Waals surface area contributed by atoms with Crippen LogP contribution in [-0.4, -0.2) is 38.2 Å². The van der Waals surface area contributed by atoms with Gasteiger partial charge >= 0.3 is 0 Å². The van der Waals surface area contributed by atoms with E-state index in [1.807, 2.05) is 0 Å². The molecule has 1 aromatic heterocycles. The number of piperidine rings is 1. The summed E-state index contributed by atoms with van der Waals surface area (Å²) in [4.78, 5) is 16.1. The number of aromatic amines is 1. The van der Waals surface area contributed by atoms with Gasteiger partial charge in [0.05, 0.1) is 0 Å². The van der Waals surface area contributed by atoms with Crippen LogP contribution >= 0.6 is 0 Å². The Kier molecular flexibility index (Phi) is 3.38. The summed E-state index contributed by atoms with van der Waals surface area (Å²) < 4.78 is 0. The Hall–Kier alpha value is -1.43. The van der Waals surface area contributed by atoms with Crippen LogP contribution in [-0.2, 0) is 0 Å². The predicted octanol–water partition coefficient (Wildman–Crippen LogP) is 1.15. The first-order chi connectivity index (χ1) is 8.67. The van der Waals surface area contributed by atoms with Gasteiger partial charge < -0.3 is 10.6 Å². The van der Waals surface area contributed by atoms with Crippen molar-refractivity contribution < 1.29 is 4.79 Å². The third kappa shape index (κ3) is 3.53. The largest absolute Gasteiger partial charge is 0.346 e. The molecule has 1 fully saturated rings. The maximum Gasteiger partial charge on any atom is 0.291 e. The molecule has 1 aliphatic rings. The van der Waals surface area contributed by atoms with Crippen molar-refractivity contribution >= 4 is 5.91 Å². The molecule has 19 heavy (non-hydrogen) atoms. The smallest absolute Gasteiger partial charge is 0.291 e. The van der Waals surface area contributed by atoms with Crippen molar-refractivity contribution in [3.05, 3.63) is 11.6 Å². The first-order valence-electron chi connectivity index (χ1n) is 6.66. The zero-order valence-corrected chi connectivity index (χ0v) is 12.3. The zero-order chi connectivity index (χ0) is 14.3. The molecule has 106 valence electrons. The molecule has 1 aromatic rings. The molecule has 0 aliphatic carbocycles. The van der Waals surface area contributed by atoms with Gasteiger partial charge in [0.1, 0.15) is 5.82 Å². The highest BCUT2D eigenvalue weighted by Crippen LogP contribution is 2.28. The maximum atomic E-state index is 12.1. The number of carbonyl (C=O) groups is 1. The molecule has 0 aromatic carbocycles. The molecule has 0 unspecified atom stereocenters. The minimum atomic E-state index is -0.206. The Balaban J connectivity index is 2.04. The topological polar surface area (TPSA) is 82.7 Å². The highest BCUT2D eigenvalue weighted by Gasteiger charge is 2.38. The van der Waals surface area contributed by atoms with Gasteiger partial charge in [0.15, 0.2) is 0 Å². The SMILES string of the molecule is Cc1nc(C(=O)NC2CC(C)(C)NC(C)(C)C2)n[nH]1. The fraction of sp³-hybridized carbons (Fsp3) is 0.769. The van der Waals surface area contributed by atoms with E-state index in [-0.39, 0.29) is 28.9 Å². The van der Waals surface area contributed by atoms with Crippen LogP contribution in [0.1, 0.15) is 57.0 Å². The van der Waals surface area contributed by atoms with Gasteiger partial charge in [-0.3, -0.25) is 9.89 Å². The number of amides is 1. The normalized spacial score (nSPS) is 22.2. The van der Waals surface area contributed by atoms with Crippen molar-refractivity contribution in [1.82, 2.24) is 25.8 Å². The van der Waals surface area contributed by atoms with Crippen LogP contribution in [0.2, 0.25) is 0 Å². The van der Waals surface area contributed by atoms with E-state index in [9.17, 15) is 4.79 Å². The number of hydrogen-bond acceptors (Lipinski definition) is 4. The van der Waals surface area contributed by atoms with Crippen LogP contribution in [0.4, 0.5) is 0 Å². The van der Waals surface area contributed by atoms with Crippen molar-refractivity contribution in [2.45, 2.75) is 64.6 Å². The van der Waals surface area contributed by atoms with E-state index in [2.05, 4.69) is 53.5 Å². The molecular formula is C13H23N5O. The Bertz CT molecular complexity index is 461. The molecule has 6 heteroatoms. The van der Waals surface area contributed by atoms with Crippen LogP contribution in [0.25, 0.3) is 0 Å². The highest BCUT2D eigenvalue weighted by molar-refractivity contribution is 5.90. The average molecular weight is 265 g/mol. The number of nitrogens with one attached hydrogen (secondary N) is 3. The van der Waals surface area contributed by atoms with Gasteiger partial charge in [-0.1, -0.05) is 0 Å². The third-order valence-corrected chi connectivity index (χ3v) is 3.33. The average Bonchev–Trinajstić information content (AvgIpc) is 2.59. The van der Waals surface area contributed by atoms with Crippen molar-refractivity contribution in [1.29, 1.82) is 0 Å². The minimum absolute atomic E-state index is 0.00855. The first kappa shape index (κ1) is 14.0. The molecule has 1 saturated heterocycles. The van der Waals surface area contributed by atoms with Crippen LogP contribution in [0.15, 0.2) is 0 Å². The molecule has 0 atom stereocenters. The Labute approximate surface area is 113 Å². The molecule has 3 N–H and O–H groups in total. The lowest BCUT2D eigenvalue weighted by Crippen LogP contribution is -2.62. The monoisotopic (exact) mass is 265 g/mol. The predicted molar refractivity (Wildman–Crippen MR) is 72.9 cm³/mol. The molecule has 1 amide bonds. The fourth-order valence-electron chi connectivity index (χ4n) is 3.12. The summed E-state index contributed by atoms with van der Waals surface area (Å²) in [6, 6.07) is 0.137. The van der Waals surface area contributed by atoms with E-state index in [4.69, 9.17) is 0 Å². The Morgan fingerprint density at radius 3 is 2.32 bits per heavy atom. The number of aromatic nitrogens is 3. The summed E-state index contributed by atoms with van der Waals surface area (Å²) in [5, 5.41) is 13.2. The second-order valence-corrected chi connectivity index (χ2v) is 6.72. The molecule has 2 rings (SSSR count). The fourth-order valence-corrected chi connectivity index (χ4v) is 3.12. The van der Waals surface area contributed by atoms with Crippen LogP contribution in [0, 0.1) is 6.92 Å².